The molecule has 0 aliphatic carbocycles. The van der Waals surface area contributed by atoms with Crippen LogP contribution in [-0.2, 0) is 34.3 Å². The second-order valence-corrected chi connectivity index (χ2v) is 9.35. The Bertz CT molecular complexity index is 1310. The third-order valence-corrected chi connectivity index (χ3v) is 6.56. The molecule has 1 saturated heterocycles. The van der Waals surface area contributed by atoms with Crippen LogP contribution < -0.4 is 10.6 Å². The van der Waals surface area contributed by atoms with Gasteiger partial charge in [-0.05, 0) is 12.1 Å². The molecule has 37 heavy (non-hydrogen) atoms. The van der Waals surface area contributed by atoms with Gasteiger partial charge in [-0.15, -0.1) is 22.9 Å². The van der Waals surface area contributed by atoms with Crippen molar-refractivity contribution in [3.8, 4) is 0 Å². The number of aromatic nitrogens is 1. The second-order valence-electron chi connectivity index (χ2n) is 6.94. The Morgan fingerprint density at radius 1 is 1.27 bits per heavy atom. The number of nitrogens with one attached hydrogen (secondary N) is 2. The second kappa shape index (κ2) is 13.3. The molecule has 1 aromatic heterocycles. The molecule has 2 unspecified atom stereocenters. The Kier molecular flexibility index (Phi) is 11.0. The molecular weight excluding hydrogens is 565 g/mol. The van der Waals surface area contributed by atoms with Gasteiger partial charge in [0, 0.05) is 5.38 Å². The van der Waals surface area contributed by atoms with Gasteiger partial charge in [0.1, 0.15) is 37.4 Å². The fraction of sp³-hybridized carbons (Fsp3) is 0.263. The van der Waals surface area contributed by atoms with Crippen molar-refractivity contribution >= 4 is 97.3 Å². The predicted molar refractivity (Wildman–Crippen MR) is 133 cm³/mol. The summed E-state index contributed by atoms with van der Waals surface area (Å²) in [4.78, 5) is 57.7. The Morgan fingerprint density at radius 2 is 1.95 bits per heavy atom. The van der Waals surface area contributed by atoms with Crippen LogP contribution in [0.2, 0.25) is 0 Å². The molecule has 1 aliphatic heterocycles. The number of oxime groups is 1. The zero-order chi connectivity index (χ0) is 26.5. The van der Waals surface area contributed by atoms with Gasteiger partial charge >= 0.3 is 45.8 Å². The van der Waals surface area contributed by atoms with Crippen LogP contribution in [0.4, 0.5) is 5.13 Å². The van der Waals surface area contributed by atoms with Crippen molar-refractivity contribution in [3.05, 3.63) is 47.0 Å². The Balaban J connectivity index is 0.00000481. The average Bonchev–Trinajstić information content (AvgIpc) is 3.30. The molecule has 0 radical (unpaired) electrons. The molecule has 1 aromatic carbocycles. The average molecular weight is 584 g/mol. The molecule has 3 rings (SSSR count). The monoisotopic (exact) mass is 583 g/mol. The van der Waals surface area contributed by atoms with Gasteiger partial charge in [-0.1, -0.05) is 23.4 Å². The van der Waals surface area contributed by atoms with E-state index in [-0.39, 0.29) is 56.1 Å². The SMILES string of the molecule is CO/N=C(\C(=O)NC1C(=O)N(S(=O)(=O)O)C1COC(=O)c1ccccc1)c1csc(NC(=O)CCl)n1.[NaH]. The molecule has 3 amide bonds. The number of hydrogen-bond donors (Lipinski definition) is 3. The number of nitrogens with zero attached hydrogens (tertiary/aromatic N) is 3. The summed E-state index contributed by atoms with van der Waals surface area (Å²) >= 11 is 6.39. The number of thiazole rings is 1. The van der Waals surface area contributed by atoms with E-state index in [0.29, 0.717) is 0 Å². The maximum absolute atomic E-state index is 12.9. The minimum absolute atomic E-state index is 0. The maximum atomic E-state index is 12.9. The first kappa shape index (κ1) is 30.6. The third kappa shape index (κ3) is 7.47. The zero-order valence-electron chi connectivity index (χ0n) is 18.3. The van der Waals surface area contributed by atoms with Gasteiger partial charge in [0.05, 0.1) is 5.56 Å². The molecule has 2 atom stereocenters. The van der Waals surface area contributed by atoms with Crippen LogP contribution in [0.25, 0.3) is 0 Å². The van der Waals surface area contributed by atoms with Crippen LogP contribution in [0.3, 0.4) is 0 Å². The van der Waals surface area contributed by atoms with Gasteiger partial charge in [0.25, 0.3) is 11.8 Å². The number of hydrogen-bond acceptors (Lipinski definition) is 11. The molecule has 1 fully saturated rings. The summed E-state index contributed by atoms with van der Waals surface area (Å²) in [6, 6.07) is 4.81. The van der Waals surface area contributed by atoms with E-state index >= 15 is 0 Å². The van der Waals surface area contributed by atoms with E-state index < -0.39 is 58.4 Å². The van der Waals surface area contributed by atoms with E-state index in [1.54, 1.807) is 18.2 Å². The zero-order valence-corrected chi connectivity index (χ0v) is 20.7. The van der Waals surface area contributed by atoms with Crippen LogP contribution in [-0.4, -0.2) is 113 Å². The molecular formula is C19H19ClN5NaO9S2. The van der Waals surface area contributed by atoms with Crippen molar-refractivity contribution in [1.29, 1.82) is 0 Å². The first-order valence-corrected chi connectivity index (χ1v) is 12.6. The fourth-order valence-corrected chi connectivity index (χ4v) is 4.69. The van der Waals surface area contributed by atoms with E-state index in [4.69, 9.17) is 16.3 Å². The van der Waals surface area contributed by atoms with Gasteiger partial charge in [0.15, 0.2) is 10.8 Å². The number of carbonyl (C=O) groups excluding carboxylic acids is 4. The number of alkyl halides is 1. The number of anilines is 1. The van der Waals surface area contributed by atoms with Gasteiger partial charge in [-0.3, -0.25) is 18.9 Å². The summed E-state index contributed by atoms with van der Waals surface area (Å²) in [6.07, 6.45) is 0. The molecule has 18 heteroatoms. The molecule has 194 valence electrons. The molecule has 0 saturated carbocycles. The van der Waals surface area contributed by atoms with Crippen LogP contribution in [0.1, 0.15) is 16.1 Å². The number of esters is 1. The Hall–Kier alpha value is -2.60. The topological polar surface area (TPSA) is 194 Å². The number of carbonyl (C=O) groups is 4. The number of β-lactam (4-membered cyclic amide) rings is 1. The first-order valence-electron chi connectivity index (χ1n) is 9.83. The summed E-state index contributed by atoms with van der Waals surface area (Å²) < 4.78 is 37.9. The number of benzene rings is 1. The molecule has 0 spiro atoms. The van der Waals surface area contributed by atoms with Crippen LogP contribution in [0, 0.1) is 0 Å². The summed E-state index contributed by atoms with van der Waals surface area (Å²) in [7, 11) is -3.87. The van der Waals surface area contributed by atoms with E-state index in [0.717, 1.165) is 18.4 Å². The van der Waals surface area contributed by atoms with Crippen LogP contribution in [0.5, 0.6) is 0 Å². The van der Waals surface area contributed by atoms with Gasteiger partial charge < -0.3 is 20.2 Å². The van der Waals surface area contributed by atoms with Crippen LogP contribution in [0.15, 0.2) is 40.9 Å². The fourth-order valence-electron chi connectivity index (χ4n) is 3.04. The third-order valence-electron chi connectivity index (χ3n) is 4.61. The van der Waals surface area contributed by atoms with Crippen molar-refractivity contribution in [3.63, 3.8) is 0 Å². The molecule has 3 N–H and O–H groups in total. The van der Waals surface area contributed by atoms with E-state index in [9.17, 15) is 32.1 Å². The van der Waals surface area contributed by atoms with Gasteiger partial charge in [-0.25, -0.2) is 14.1 Å². The first-order chi connectivity index (χ1) is 17.1. The molecule has 2 heterocycles. The number of ether oxygens (including phenoxy) is 1. The Labute approximate surface area is 241 Å². The van der Waals surface area contributed by atoms with E-state index in [2.05, 4.69) is 25.6 Å². The Morgan fingerprint density at radius 3 is 2.54 bits per heavy atom. The number of halogens is 1. The number of amides is 3. The van der Waals surface area contributed by atoms with Crippen molar-refractivity contribution in [2.24, 2.45) is 5.16 Å². The summed E-state index contributed by atoms with van der Waals surface area (Å²) in [5.41, 5.74) is -0.273. The van der Waals surface area contributed by atoms with Gasteiger partial charge in [-0.2, -0.15) is 8.42 Å². The summed E-state index contributed by atoms with van der Waals surface area (Å²) in [6.45, 7) is -0.660. The summed E-state index contributed by atoms with van der Waals surface area (Å²) in [5.74, 6) is -3.84. The van der Waals surface area contributed by atoms with E-state index in [1.165, 1.54) is 17.5 Å². The number of rotatable bonds is 10. The minimum atomic E-state index is -5.01. The van der Waals surface area contributed by atoms with Crippen molar-refractivity contribution in [2.75, 3.05) is 24.9 Å². The molecule has 0 bridgehead atoms. The normalized spacial score (nSPS) is 17.2. The summed E-state index contributed by atoms with van der Waals surface area (Å²) in [5, 5.41) is 9.73. The molecule has 14 nitrogen and oxygen atoms in total. The standard InChI is InChI=1S/C19H18ClN5O9S2.Na.H/c1-33-24-14(11-9-35-19(21-11)22-13(26)7-20)16(27)23-15-12(25(17(15)28)36(30,31)32)8-34-18(29)10-5-3-2-4-6-10;;/h2-6,9,12,15H,7-8H2,1H3,(H,23,27)(H,21,22,26)(H,30,31,32);;/b24-14-;;. The van der Waals surface area contributed by atoms with Crippen molar-refractivity contribution in [1.82, 2.24) is 14.6 Å². The quantitative estimate of drug-likeness (QED) is 0.0617. The molecule has 2 aromatic rings. The molecule has 1 aliphatic rings. The van der Waals surface area contributed by atoms with Crippen molar-refractivity contribution in [2.45, 2.75) is 12.1 Å². The predicted octanol–water partition coefficient (Wildman–Crippen LogP) is -0.622. The van der Waals surface area contributed by atoms with Gasteiger partial charge in [0.2, 0.25) is 5.91 Å². The van der Waals surface area contributed by atoms with Crippen LogP contribution >= 0.6 is 22.9 Å². The van der Waals surface area contributed by atoms with E-state index in [1.807, 2.05) is 0 Å². The van der Waals surface area contributed by atoms with Crippen molar-refractivity contribution < 1.29 is 41.7 Å².